The average Bonchev–Trinajstić information content (AvgIpc) is 2.37. The summed E-state index contributed by atoms with van der Waals surface area (Å²) < 4.78 is 0. The zero-order valence-corrected chi connectivity index (χ0v) is 11.4. The molecule has 0 fully saturated rings. The summed E-state index contributed by atoms with van der Waals surface area (Å²) in [5.41, 5.74) is 0.576. The Hall–Kier alpha value is -2.44. The first-order valence-electron chi connectivity index (χ1n) is 6.02. The maximum Gasteiger partial charge on any atom is 0.308 e. The summed E-state index contributed by atoms with van der Waals surface area (Å²) in [5, 5.41) is 22.1. The number of aliphatic carboxylic acids is 1. The topological polar surface area (TPSA) is 110 Å². The maximum absolute atomic E-state index is 12.1. The zero-order chi connectivity index (χ0) is 15.4. The number of non-ortho nitro benzene ring substituents is 1. The second-order valence-electron chi connectivity index (χ2n) is 4.65. The van der Waals surface area contributed by atoms with Crippen LogP contribution in [0, 0.1) is 23.0 Å². The van der Waals surface area contributed by atoms with Crippen molar-refractivity contribution < 1.29 is 19.6 Å². The summed E-state index contributed by atoms with van der Waals surface area (Å²) in [6.07, 6.45) is 0. The number of hydrogen-bond acceptors (Lipinski definition) is 4. The van der Waals surface area contributed by atoms with Gasteiger partial charge in [-0.15, -0.1) is 0 Å². The Morgan fingerprint density at radius 1 is 1.35 bits per heavy atom. The molecule has 2 atom stereocenters. The van der Waals surface area contributed by atoms with Crippen molar-refractivity contribution in [3.8, 4) is 0 Å². The normalized spacial score (nSPS) is 13.3. The lowest BCUT2D eigenvalue weighted by Gasteiger charge is -2.18. The minimum Gasteiger partial charge on any atom is -0.481 e. The molecular weight excluding hydrogens is 264 g/mol. The predicted octanol–water partition coefficient (Wildman–Crippen LogP) is 1.74. The molecule has 1 aromatic carbocycles. The van der Waals surface area contributed by atoms with E-state index in [4.69, 9.17) is 5.11 Å². The second-order valence-corrected chi connectivity index (χ2v) is 4.65. The summed E-state index contributed by atoms with van der Waals surface area (Å²) in [4.78, 5) is 33.0. The van der Waals surface area contributed by atoms with Crippen molar-refractivity contribution >= 4 is 17.6 Å². The Morgan fingerprint density at radius 2 is 1.95 bits per heavy atom. The Bertz CT molecular complexity index is 556. The van der Waals surface area contributed by atoms with Crippen LogP contribution in [-0.2, 0) is 4.79 Å². The van der Waals surface area contributed by atoms with Gasteiger partial charge in [0.2, 0.25) is 0 Å². The summed E-state index contributed by atoms with van der Waals surface area (Å²) in [6.45, 7) is 4.71. The third-order valence-electron chi connectivity index (χ3n) is 3.17. The molecule has 0 radical (unpaired) electrons. The van der Waals surface area contributed by atoms with Gasteiger partial charge in [0.05, 0.1) is 10.8 Å². The van der Waals surface area contributed by atoms with Crippen molar-refractivity contribution in [3.63, 3.8) is 0 Å². The first-order chi connectivity index (χ1) is 9.23. The van der Waals surface area contributed by atoms with Gasteiger partial charge in [0.1, 0.15) is 0 Å². The highest BCUT2D eigenvalue weighted by Crippen LogP contribution is 2.17. The van der Waals surface area contributed by atoms with E-state index in [1.54, 1.807) is 13.8 Å². The number of aryl methyl sites for hydroxylation is 1. The van der Waals surface area contributed by atoms with E-state index in [1.165, 1.54) is 25.1 Å². The van der Waals surface area contributed by atoms with E-state index >= 15 is 0 Å². The molecule has 20 heavy (non-hydrogen) atoms. The highest BCUT2D eigenvalue weighted by atomic mass is 16.6. The van der Waals surface area contributed by atoms with Crippen LogP contribution in [-0.4, -0.2) is 27.9 Å². The number of amides is 1. The maximum atomic E-state index is 12.1. The number of carbonyl (C=O) groups is 2. The van der Waals surface area contributed by atoms with E-state index in [1.807, 2.05) is 0 Å². The molecule has 7 nitrogen and oxygen atoms in total. The fourth-order valence-electron chi connectivity index (χ4n) is 1.59. The summed E-state index contributed by atoms with van der Waals surface area (Å²) >= 11 is 0. The zero-order valence-electron chi connectivity index (χ0n) is 11.4. The van der Waals surface area contributed by atoms with Crippen LogP contribution in [0.15, 0.2) is 18.2 Å². The number of nitrogens with one attached hydrogen (secondary N) is 1. The van der Waals surface area contributed by atoms with Gasteiger partial charge in [-0.3, -0.25) is 19.7 Å². The van der Waals surface area contributed by atoms with Crippen LogP contribution in [0.5, 0.6) is 0 Å². The van der Waals surface area contributed by atoms with Gasteiger partial charge in [-0.1, -0.05) is 6.07 Å². The van der Waals surface area contributed by atoms with Crippen LogP contribution in [0.4, 0.5) is 5.69 Å². The van der Waals surface area contributed by atoms with Gasteiger partial charge in [0, 0.05) is 23.7 Å². The fraction of sp³-hybridized carbons (Fsp3) is 0.385. The van der Waals surface area contributed by atoms with Crippen LogP contribution >= 0.6 is 0 Å². The summed E-state index contributed by atoms with van der Waals surface area (Å²) in [5.74, 6) is -2.29. The van der Waals surface area contributed by atoms with E-state index in [0.29, 0.717) is 5.56 Å². The highest BCUT2D eigenvalue weighted by Gasteiger charge is 2.23. The van der Waals surface area contributed by atoms with Crippen molar-refractivity contribution in [2.24, 2.45) is 5.92 Å². The molecule has 0 spiro atoms. The summed E-state index contributed by atoms with van der Waals surface area (Å²) in [6, 6.07) is 3.40. The molecule has 1 amide bonds. The molecule has 0 saturated heterocycles. The molecule has 0 bridgehead atoms. The summed E-state index contributed by atoms with van der Waals surface area (Å²) in [7, 11) is 0. The lowest BCUT2D eigenvalue weighted by Crippen LogP contribution is -2.40. The lowest BCUT2D eigenvalue weighted by molar-refractivity contribution is -0.384. The molecule has 0 aromatic heterocycles. The van der Waals surface area contributed by atoms with Crippen LogP contribution in [0.2, 0.25) is 0 Å². The number of carbonyl (C=O) groups excluding carboxylic acids is 1. The van der Waals surface area contributed by atoms with E-state index < -0.39 is 28.8 Å². The van der Waals surface area contributed by atoms with Crippen LogP contribution in [0.3, 0.4) is 0 Å². The number of nitro groups is 1. The highest BCUT2D eigenvalue weighted by molar-refractivity contribution is 5.96. The molecule has 108 valence electrons. The minimum absolute atomic E-state index is 0.170. The van der Waals surface area contributed by atoms with Crippen molar-refractivity contribution in [3.05, 3.63) is 39.4 Å². The number of nitro benzene ring substituents is 1. The van der Waals surface area contributed by atoms with Crippen molar-refractivity contribution in [2.75, 3.05) is 0 Å². The van der Waals surface area contributed by atoms with Gasteiger partial charge in [0.15, 0.2) is 0 Å². The number of benzene rings is 1. The molecule has 1 rings (SSSR count). The Kier molecular flexibility index (Phi) is 4.79. The molecule has 2 unspecified atom stereocenters. The predicted molar refractivity (Wildman–Crippen MR) is 71.6 cm³/mol. The van der Waals surface area contributed by atoms with E-state index in [2.05, 4.69) is 5.32 Å². The van der Waals surface area contributed by atoms with E-state index in [9.17, 15) is 19.7 Å². The van der Waals surface area contributed by atoms with Crippen molar-refractivity contribution in [1.29, 1.82) is 0 Å². The second kappa shape index (κ2) is 6.14. The molecule has 0 aliphatic carbocycles. The third-order valence-corrected chi connectivity index (χ3v) is 3.17. The van der Waals surface area contributed by atoms with Crippen LogP contribution < -0.4 is 5.32 Å². The van der Waals surface area contributed by atoms with E-state index in [-0.39, 0.29) is 11.3 Å². The molecule has 0 aliphatic heterocycles. The molecule has 0 saturated carbocycles. The quantitative estimate of drug-likeness (QED) is 0.630. The smallest absolute Gasteiger partial charge is 0.308 e. The minimum atomic E-state index is -1.02. The Morgan fingerprint density at radius 3 is 2.45 bits per heavy atom. The van der Waals surface area contributed by atoms with Gasteiger partial charge in [0.25, 0.3) is 11.6 Å². The van der Waals surface area contributed by atoms with Gasteiger partial charge in [-0.25, -0.2) is 0 Å². The average molecular weight is 280 g/mol. The largest absolute Gasteiger partial charge is 0.481 e. The SMILES string of the molecule is Cc1ccc([N+](=O)[O-])cc1C(=O)NC(C)C(C)C(=O)O. The van der Waals surface area contributed by atoms with Gasteiger partial charge in [-0.05, 0) is 26.3 Å². The molecule has 1 aromatic rings. The van der Waals surface area contributed by atoms with Crippen LogP contribution in [0.1, 0.15) is 29.8 Å². The lowest BCUT2D eigenvalue weighted by atomic mass is 10.0. The van der Waals surface area contributed by atoms with Crippen molar-refractivity contribution in [2.45, 2.75) is 26.8 Å². The number of carboxylic acids is 1. The number of rotatable bonds is 5. The first-order valence-corrected chi connectivity index (χ1v) is 6.02. The third kappa shape index (κ3) is 3.53. The monoisotopic (exact) mass is 280 g/mol. The first kappa shape index (κ1) is 15.6. The molecule has 0 aliphatic rings. The van der Waals surface area contributed by atoms with Crippen molar-refractivity contribution in [1.82, 2.24) is 5.32 Å². The van der Waals surface area contributed by atoms with Gasteiger partial charge in [-0.2, -0.15) is 0 Å². The number of carboxylic acid groups (broad SMARTS) is 1. The number of nitrogens with zero attached hydrogens (tertiary/aromatic N) is 1. The van der Waals surface area contributed by atoms with E-state index in [0.717, 1.165) is 0 Å². The molecule has 7 heteroatoms. The Balaban J connectivity index is 2.95. The molecular formula is C13H16N2O5. The van der Waals surface area contributed by atoms with Crippen LogP contribution in [0.25, 0.3) is 0 Å². The molecule has 0 heterocycles. The van der Waals surface area contributed by atoms with Gasteiger partial charge >= 0.3 is 5.97 Å². The number of hydrogen-bond donors (Lipinski definition) is 2. The standard InChI is InChI=1S/C13H16N2O5/c1-7-4-5-10(15(19)20)6-11(7)12(16)14-9(3)8(2)13(17)18/h4-6,8-9H,1-3H3,(H,14,16)(H,17,18). The molecule has 2 N–H and O–H groups in total. The fourth-order valence-corrected chi connectivity index (χ4v) is 1.59. The van der Waals surface area contributed by atoms with Gasteiger partial charge < -0.3 is 10.4 Å². The Labute approximate surface area is 115 Å².